The Morgan fingerprint density at radius 3 is 1.86 bits per heavy atom. The van der Waals surface area contributed by atoms with Gasteiger partial charge in [0.25, 0.3) is 0 Å². The van der Waals surface area contributed by atoms with E-state index < -0.39 is 50.7 Å². The largest absolute Gasteiger partial charge is 0.461 e. The lowest BCUT2D eigenvalue weighted by molar-refractivity contribution is -0.138. The summed E-state index contributed by atoms with van der Waals surface area (Å²) in [6.07, 6.45) is 2.15. The molecular formula is C12H19NO6S2. The van der Waals surface area contributed by atoms with Crippen molar-refractivity contribution < 1.29 is 26.4 Å². The van der Waals surface area contributed by atoms with Crippen LogP contribution in [0.25, 0.3) is 0 Å². The maximum Gasteiger partial charge on any atom is 0.333 e. The lowest BCUT2D eigenvalue weighted by Crippen LogP contribution is -2.41. The summed E-state index contributed by atoms with van der Waals surface area (Å²) in [4.78, 5) is 11.2. The molecule has 0 aromatic carbocycles. The Balaban J connectivity index is 5.18. The average Bonchev–Trinajstić information content (AvgIpc) is 2.33. The van der Waals surface area contributed by atoms with Gasteiger partial charge in [-0.25, -0.2) is 21.6 Å². The quantitative estimate of drug-likeness (QED) is 0.326. The molecule has 0 radical (unpaired) electrons. The molecule has 120 valence electrons. The topological polar surface area (TPSA) is 97.8 Å². The normalized spacial score (nSPS) is 11.9. The van der Waals surface area contributed by atoms with Crippen LogP contribution in [-0.2, 0) is 29.6 Å². The third kappa shape index (κ3) is 6.23. The van der Waals surface area contributed by atoms with Gasteiger partial charge in [-0.1, -0.05) is 22.4 Å². The number of carbonyl (C=O) groups excluding carboxylic acids is 1. The number of rotatable bonds is 10. The van der Waals surface area contributed by atoms with Gasteiger partial charge in [0.2, 0.25) is 20.0 Å². The molecule has 0 rings (SSSR count). The summed E-state index contributed by atoms with van der Waals surface area (Å²) in [6.45, 7) is 10.4. The van der Waals surface area contributed by atoms with E-state index in [4.69, 9.17) is 4.74 Å². The van der Waals surface area contributed by atoms with Crippen molar-refractivity contribution in [3.8, 4) is 0 Å². The Bertz CT molecular complexity index is 578. The Hall–Kier alpha value is -1.45. The lowest BCUT2D eigenvalue weighted by atomic mass is 10.4. The third-order valence-corrected chi connectivity index (χ3v) is 6.42. The first kappa shape index (κ1) is 19.6. The monoisotopic (exact) mass is 337 g/mol. The van der Waals surface area contributed by atoms with Crippen LogP contribution in [0.3, 0.4) is 0 Å². The highest BCUT2D eigenvalue weighted by Gasteiger charge is 2.32. The minimum Gasteiger partial charge on any atom is -0.461 e. The molecule has 9 heteroatoms. The zero-order chi connectivity index (χ0) is 16.7. The summed E-state index contributed by atoms with van der Waals surface area (Å²) in [5.74, 6) is -1.81. The molecule has 0 spiro atoms. The molecule has 0 aliphatic rings. The Morgan fingerprint density at radius 1 is 1.10 bits per heavy atom. The predicted octanol–water partition coefficient (Wildman–Crippen LogP) is 0.439. The second-order valence-electron chi connectivity index (χ2n) is 4.05. The summed E-state index contributed by atoms with van der Waals surface area (Å²) in [5, 5.41) is 0. The highest BCUT2D eigenvalue weighted by atomic mass is 32.3. The first-order valence-corrected chi connectivity index (χ1v) is 9.08. The molecule has 0 aromatic heterocycles. The minimum absolute atomic E-state index is 0.129. The van der Waals surface area contributed by atoms with E-state index in [0.29, 0.717) is 3.71 Å². The van der Waals surface area contributed by atoms with Crippen LogP contribution >= 0.6 is 0 Å². The van der Waals surface area contributed by atoms with Crippen molar-refractivity contribution in [3.63, 3.8) is 0 Å². The molecule has 0 N–H and O–H groups in total. The van der Waals surface area contributed by atoms with E-state index in [1.807, 2.05) is 0 Å². The van der Waals surface area contributed by atoms with Crippen LogP contribution in [-0.4, -0.2) is 51.2 Å². The van der Waals surface area contributed by atoms with Gasteiger partial charge in [0.1, 0.15) is 6.61 Å². The molecule has 0 atom stereocenters. The number of ether oxygens (including phenoxy) is 1. The maximum atomic E-state index is 11.9. The van der Waals surface area contributed by atoms with Gasteiger partial charge in [0.05, 0.1) is 18.1 Å². The van der Waals surface area contributed by atoms with Crippen LogP contribution in [0.1, 0.15) is 6.92 Å². The van der Waals surface area contributed by atoms with E-state index in [2.05, 4.69) is 19.7 Å². The summed E-state index contributed by atoms with van der Waals surface area (Å²) in [7, 11) is -8.21. The number of sulfonamides is 2. The molecule has 21 heavy (non-hydrogen) atoms. The first-order chi connectivity index (χ1) is 9.58. The van der Waals surface area contributed by atoms with Gasteiger partial charge < -0.3 is 4.74 Å². The number of esters is 1. The second-order valence-corrected chi connectivity index (χ2v) is 8.15. The molecule has 7 nitrogen and oxygen atoms in total. The maximum absolute atomic E-state index is 11.9. The summed E-state index contributed by atoms with van der Waals surface area (Å²) in [6, 6.07) is 0. The molecule has 0 saturated carbocycles. The molecular weight excluding hydrogens is 318 g/mol. The lowest BCUT2D eigenvalue weighted by Gasteiger charge is -2.20. The zero-order valence-corrected chi connectivity index (χ0v) is 13.5. The van der Waals surface area contributed by atoms with Gasteiger partial charge in [0, 0.05) is 5.57 Å². The molecule has 0 amide bonds. The van der Waals surface area contributed by atoms with E-state index in [-0.39, 0.29) is 5.57 Å². The third-order valence-electron chi connectivity index (χ3n) is 2.13. The SMILES string of the molecule is C=CCS(=O)(=O)N(CCOC(=O)C(=C)C)S(=O)(=O)CC=C. The van der Waals surface area contributed by atoms with Gasteiger partial charge in [-0.15, -0.1) is 13.2 Å². The van der Waals surface area contributed by atoms with Crippen molar-refractivity contribution in [2.45, 2.75) is 6.92 Å². The van der Waals surface area contributed by atoms with E-state index in [0.717, 1.165) is 12.2 Å². The van der Waals surface area contributed by atoms with Crippen molar-refractivity contribution in [1.29, 1.82) is 0 Å². The van der Waals surface area contributed by atoms with E-state index in [1.54, 1.807) is 0 Å². The number of hydrogen-bond acceptors (Lipinski definition) is 6. The van der Waals surface area contributed by atoms with Crippen molar-refractivity contribution in [1.82, 2.24) is 3.71 Å². The summed E-state index contributed by atoms with van der Waals surface area (Å²) >= 11 is 0. The molecule has 0 saturated heterocycles. The average molecular weight is 337 g/mol. The van der Waals surface area contributed by atoms with Gasteiger partial charge in [-0.3, -0.25) is 0 Å². The van der Waals surface area contributed by atoms with E-state index in [1.165, 1.54) is 6.92 Å². The number of nitrogens with zero attached hydrogens (tertiary/aromatic N) is 1. The van der Waals surface area contributed by atoms with Crippen molar-refractivity contribution in [3.05, 3.63) is 37.5 Å². The van der Waals surface area contributed by atoms with Crippen LogP contribution in [0.15, 0.2) is 37.5 Å². The van der Waals surface area contributed by atoms with Crippen LogP contribution in [0.5, 0.6) is 0 Å². The Kier molecular flexibility index (Phi) is 7.55. The van der Waals surface area contributed by atoms with Gasteiger partial charge in [-0.2, -0.15) is 0 Å². The number of hydrogen-bond donors (Lipinski definition) is 0. The molecule has 0 bridgehead atoms. The predicted molar refractivity (Wildman–Crippen MR) is 80.4 cm³/mol. The minimum atomic E-state index is -4.10. The van der Waals surface area contributed by atoms with Crippen LogP contribution < -0.4 is 0 Å². The molecule has 0 fully saturated rings. The standard InChI is InChI=1S/C12H19NO6S2/c1-5-9-20(15,16)13(21(17,18)10-6-2)7-8-19-12(14)11(3)4/h5-6H,1-3,7-10H2,4H3. The van der Waals surface area contributed by atoms with Crippen LogP contribution in [0, 0.1) is 0 Å². The Morgan fingerprint density at radius 2 is 1.52 bits per heavy atom. The van der Waals surface area contributed by atoms with Gasteiger partial charge in [-0.05, 0) is 6.92 Å². The molecule has 0 aliphatic heterocycles. The van der Waals surface area contributed by atoms with Crippen molar-refractivity contribution >= 4 is 26.0 Å². The smallest absolute Gasteiger partial charge is 0.333 e. The fraction of sp³-hybridized carbons (Fsp3) is 0.417. The Labute approximate surface area is 125 Å². The summed E-state index contributed by atoms with van der Waals surface area (Å²) in [5.41, 5.74) is 0.129. The second kappa shape index (κ2) is 8.11. The van der Waals surface area contributed by atoms with Crippen molar-refractivity contribution in [2.24, 2.45) is 0 Å². The fourth-order valence-corrected chi connectivity index (χ4v) is 4.63. The first-order valence-electron chi connectivity index (χ1n) is 5.86. The molecule has 0 aromatic rings. The number of carbonyl (C=O) groups is 1. The molecule has 0 unspecified atom stereocenters. The summed E-state index contributed by atoms with van der Waals surface area (Å²) < 4.78 is 52.8. The highest BCUT2D eigenvalue weighted by molar-refractivity contribution is 8.04. The van der Waals surface area contributed by atoms with Gasteiger partial charge >= 0.3 is 5.97 Å². The zero-order valence-electron chi connectivity index (χ0n) is 11.8. The van der Waals surface area contributed by atoms with E-state index >= 15 is 0 Å². The molecule has 0 aliphatic carbocycles. The van der Waals surface area contributed by atoms with Crippen molar-refractivity contribution in [2.75, 3.05) is 24.7 Å². The fourth-order valence-electron chi connectivity index (χ4n) is 1.25. The van der Waals surface area contributed by atoms with Gasteiger partial charge in [0.15, 0.2) is 0 Å². The molecule has 0 heterocycles. The van der Waals surface area contributed by atoms with E-state index in [9.17, 15) is 21.6 Å². The van der Waals surface area contributed by atoms with Crippen LogP contribution in [0.4, 0.5) is 0 Å². The highest BCUT2D eigenvalue weighted by Crippen LogP contribution is 2.11. The van der Waals surface area contributed by atoms with Crippen LogP contribution in [0.2, 0.25) is 0 Å².